The lowest BCUT2D eigenvalue weighted by atomic mass is 10.1. The van der Waals surface area contributed by atoms with Crippen LogP contribution >= 0.6 is 11.1 Å². The van der Waals surface area contributed by atoms with E-state index in [0.29, 0.717) is 0 Å². The van der Waals surface area contributed by atoms with Gasteiger partial charge in [0, 0.05) is 0 Å². The van der Waals surface area contributed by atoms with Gasteiger partial charge >= 0.3 is 0 Å². The second-order valence-corrected chi connectivity index (χ2v) is 9.02. The lowest BCUT2D eigenvalue weighted by Gasteiger charge is -2.10. The predicted octanol–water partition coefficient (Wildman–Crippen LogP) is 4.89. The largest absolute Gasteiger partial charge is 0.171 e. The van der Waals surface area contributed by atoms with Gasteiger partial charge in [-0.05, 0) is 24.4 Å². The van der Waals surface area contributed by atoms with Crippen LogP contribution in [0.15, 0.2) is 12.7 Å². The highest BCUT2D eigenvalue weighted by molar-refractivity contribution is 7.07. The topological polar surface area (TPSA) is 0 Å². The van der Waals surface area contributed by atoms with E-state index in [2.05, 4.69) is 20.4 Å². The van der Waals surface area contributed by atoms with Crippen molar-refractivity contribution in [3.8, 4) is 0 Å². The van der Waals surface area contributed by atoms with Crippen molar-refractivity contribution in [3.05, 3.63) is 12.7 Å². The SMILES string of the molecule is C=CCCCCCCC[SiH](Cl)C(C)C. The van der Waals surface area contributed by atoms with Gasteiger partial charge in [-0.15, -0.1) is 6.58 Å². The molecule has 0 saturated carbocycles. The van der Waals surface area contributed by atoms with Crippen molar-refractivity contribution in [1.82, 2.24) is 0 Å². The molecule has 0 N–H and O–H groups in total. The van der Waals surface area contributed by atoms with E-state index in [1.54, 1.807) is 0 Å². The van der Waals surface area contributed by atoms with E-state index in [1.165, 1.54) is 44.6 Å². The summed E-state index contributed by atoms with van der Waals surface area (Å²) in [6, 6.07) is 1.32. The molecule has 0 aliphatic heterocycles. The summed E-state index contributed by atoms with van der Waals surface area (Å²) in [7, 11) is -0.884. The second-order valence-electron chi connectivity index (χ2n) is 4.39. The molecule has 0 aliphatic carbocycles. The molecule has 0 saturated heterocycles. The average Bonchev–Trinajstić information content (AvgIpc) is 2.16. The molecule has 84 valence electrons. The zero-order valence-electron chi connectivity index (χ0n) is 9.77. The quantitative estimate of drug-likeness (QED) is 0.230. The lowest BCUT2D eigenvalue weighted by molar-refractivity contribution is 0.635. The highest BCUT2D eigenvalue weighted by Crippen LogP contribution is 2.19. The van der Waals surface area contributed by atoms with E-state index >= 15 is 0 Å². The van der Waals surface area contributed by atoms with Crippen LogP contribution in [0.25, 0.3) is 0 Å². The van der Waals surface area contributed by atoms with Crippen molar-refractivity contribution in [2.75, 3.05) is 0 Å². The van der Waals surface area contributed by atoms with Crippen LogP contribution in [-0.4, -0.2) is 8.11 Å². The third kappa shape index (κ3) is 8.83. The maximum Gasteiger partial charge on any atom is 0.143 e. The molecule has 0 aromatic carbocycles. The lowest BCUT2D eigenvalue weighted by Crippen LogP contribution is -2.07. The molecule has 0 aromatic rings. The molecule has 1 unspecified atom stereocenters. The Bertz CT molecular complexity index is 134. The fraction of sp³-hybridized carbons (Fsp3) is 0.833. The number of halogens is 1. The Morgan fingerprint density at radius 1 is 1.14 bits per heavy atom. The molecular formula is C12H25ClSi. The molecule has 0 bridgehead atoms. The summed E-state index contributed by atoms with van der Waals surface area (Å²) in [5.41, 5.74) is 0.762. The van der Waals surface area contributed by atoms with Crippen molar-refractivity contribution in [2.45, 2.75) is 64.0 Å². The van der Waals surface area contributed by atoms with Gasteiger partial charge in [0.15, 0.2) is 0 Å². The van der Waals surface area contributed by atoms with E-state index in [-0.39, 0.29) is 0 Å². The minimum Gasteiger partial charge on any atom is -0.171 e. The summed E-state index contributed by atoms with van der Waals surface area (Å²) < 4.78 is 0. The molecular weight excluding hydrogens is 208 g/mol. The molecule has 0 aromatic heterocycles. The van der Waals surface area contributed by atoms with E-state index < -0.39 is 8.11 Å². The zero-order chi connectivity index (χ0) is 10.8. The number of hydrogen-bond donors (Lipinski definition) is 0. The van der Waals surface area contributed by atoms with Gasteiger partial charge in [-0.3, -0.25) is 0 Å². The van der Waals surface area contributed by atoms with E-state index in [4.69, 9.17) is 11.1 Å². The van der Waals surface area contributed by atoms with Crippen molar-refractivity contribution in [2.24, 2.45) is 0 Å². The number of hydrogen-bond acceptors (Lipinski definition) is 0. The van der Waals surface area contributed by atoms with Crippen molar-refractivity contribution in [3.63, 3.8) is 0 Å². The Balaban J connectivity index is 3.09. The van der Waals surface area contributed by atoms with Gasteiger partial charge in [-0.25, -0.2) is 0 Å². The first kappa shape index (κ1) is 14.2. The third-order valence-corrected chi connectivity index (χ3v) is 7.18. The second kappa shape index (κ2) is 9.79. The molecule has 2 heteroatoms. The number of unbranched alkanes of at least 4 members (excludes halogenated alkanes) is 5. The summed E-state index contributed by atoms with van der Waals surface area (Å²) in [5, 5.41) is 0. The van der Waals surface area contributed by atoms with Gasteiger partial charge in [-0.2, -0.15) is 11.1 Å². The smallest absolute Gasteiger partial charge is 0.143 e. The van der Waals surface area contributed by atoms with Crippen LogP contribution in [0, 0.1) is 0 Å². The molecule has 0 amide bonds. The van der Waals surface area contributed by atoms with Crippen LogP contribution in [0.5, 0.6) is 0 Å². The van der Waals surface area contributed by atoms with Gasteiger partial charge in [0.2, 0.25) is 0 Å². The fourth-order valence-electron chi connectivity index (χ4n) is 1.49. The Kier molecular flexibility index (Phi) is 9.96. The predicted molar refractivity (Wildman–Crippen MR) is 70.8 cm³/mol. The van der Waals surface area contributed by atoms with Crippen molar-refractivity contribution < 1.29 is 0 Å². The Morgan fingerprint density at radius 3 is 2.29 bits per heavy atom. The summed E-state index contributed by atoms with van der Waals surface area (Å²) in [6.45, 7) is 8.24. The van der Waals surface area contributed by atoms with Gasteiger partial charge in [0.25, 0.3) is 0 Å². The highest BCUT2D eigenvalue weighted by Gasteiger charge is 2.10. The Hall–Kier alpha value is 0.247. The molecule has 0 spiro atoms. The standard InChI is InChI=1S/C12H25ClSi/c1-4-5-6-7-8-9-10-11-14(13)12(2)3/h4,12,14H,1,5-11H2,2-3H3. The summed E-state index contributed by atoms with van der Waals surface area (Å²) in [4.78, 5) is 0. The summed E-state index contributed by atoms with van der Waals surface area (Å²) >= 11 is 6.30. The molecule has 0 aliphatic rings. The zero-order valence-corrected chi connectivity index (χ0v) is 11.7. The van der Waals surface area contributed by atoms with Crippen LogP contribution in [0.3, 0.4) is 0 Å². The first-order chi connectivity index (χ1) is 6.68. The van der Waals surface area contributed by atoms with E-state index in [9.17, 15) is 0 Å². The van der Waals surface area contributed by atoms with Crippen LogP contribution in [0.1, 0.15) is 52.4 Å². The Labute approximate surface area is 96.1 Å². The maximum absolute atomic E-state index is 6.30. The van der Waals surface area contributed by atoms with Crippen LogP contribution in [0.2, 0.25) is 11.6 Å². The summed E-state index contributed by atoms with van der Waals surface area (Å²) in [5.74, 6) is 0. The fourth-order valence-corrected chi connectivity index (χ4v) is 3.30. The first-order valence-corrected chi connectivity index (χ1v) is 9.16. The van der Waals surface area contributed by atoms with Crippen LogP contribution in [-0.2, 0) is 0 Å². The first-order valence-electron chi connectivity index (χ1n) is 5.93. The Morgan fingerprint density at radius 2 is 1.71 bits per heavy atom. The minimum atomic E-state index is -0.884. The van der Waals surface area contributed by atoms with Crippen LogP contribution in [0.4, 0.5) is 0 Å². The van der Waals surface area contributed by atoms with Crippen LogP contribution < -0.4 is 0 Å². The van der Waals surface area contributed by atoms with E-state index in [1.807, 2.05) is 6.08 Å². The molecule has 1 atom stereocenters. The minimum absolute atomic E-state index is 0.762. The monoisotopic (exact) mass is 232 g/mol. The molecule has 0 radical (unpaired) electrons. The normalized spacial score (nSPS) is 13.1. The molecule has 14 heavy (non-hydrogen) atoms. The van der Waals surface area contributed by atoms with Gasteiger partial charge in [-0.1, -0.05) is 45.6 Å². The highest BCUT2D eigenvalue weighted by atomic mass is 35.6. The molecule has 0 nitrogen and oxygen atoms in total. The molecule has 0 heterocycles. The van der Waals surface area contributed by atoms with Crippen molar-refractivity contribution in [1.29, 1.82) is 0 Å². The number of allylic oxidation sites excluding steroid dienone is 1. The van der Waals surface area contributed by atoms with Crippen molar-refractivity contribution >= 4 is 19.2 Å². The third-order valence-electron chi connectivity index (χ3n) is 2.61. The molecule has 0 rings (SSSR count). The average molecular weight is 233 g/mol. The van der Waals surface area contributed by atoms with Gasteiger partial charge < -0.3 is 0 Å². The summed E-state index contributed by atoms with van der Waals surface area (Å²) in [6.07, 6.45) is 9.98. The molecule has 0 fully saturated rings. The van der Waals surface area contributed by atoms with Gasteiger partial charge in [0.05, 0.1) is 0 Å². The van der Waals surface area contributed by atoms with E-state index in [0.717, 1.165) is 5.54 Å². The maximum atomic E-state index is 6.30. The van der Waals surface area contributed by atoms with Gasteiger partial charge in [0.1, 0.15) is 8.11 Å². The number of rotatable bonds is 9.